The summed E-state index contributed by atoms with van der Waals surface area (Å²) >= 11 is 0. The van der Waals surface area contributed by atoms with Crippen molar-refractivity contribution in [3.63, 3.8) is 0 Å². The predicted molar refractivity (Wildman–Crippen MR) is 84.9 cm³/mol. The first kappa shape index (κ1) is 19.2. The minimum Gasteiger partial charge on any atom is -0.472 e. The third kappa shape index (κ3) is 2.83. The van der Waals surface area contributed by atoms with E-state index in [0.717, 1.165) is 0 Å². The molecule has 10 atom stereocenters. The molecule has 27 heavy (non-hydrogen) atoms. The molecule has 0 aromatic carbocycles. The summed E-state index contributed by atoms with van der Waals surface area (Å²) in [5.74, 6) is -1.06. The molecule has 1 saturated carbocycles. The van der Waals surface area contributed by atoms with Crippen molar-refractivity contribution in [2.75, 3.05) is 20.3 Å². The Hall–Kier alpha value is -1.11. The molecule has 0 spiro atoms. The molecule has 4 N–H and O–H groups in total. The number of hydrogen-bond donors (Lipinski definition) is 4. The minimum atomic E-state index is -1.56. The zero-order chi connectivity index (χ0) is 19.5. The van der Waals surface area contributed by atoms with Gasteiger partial charge in [-0.25, -0.2) is 0 Å². The summed E-state index contributed by atoms with van der Waals surface area (Å²) in [4.78, 5) is 12.6. The molecule has 0 amide bonds. The third-order valence-corrected chi connectivity index (χ3v) is 5.90. The van der Waals surface area contributed by atoms with Gasteiger partial charge in [0, 0.05) is 12.7 Å². The Labute approximate surface area is 155 Å². The largest absolute Gasteiger partial charge is 0.472 e. The lowest BCUT2D eigenvalue weighted by Crippen LogP contribution is -2.60. The quantitative estimate of drug-likeness (QED) is 0.378. The van der Waals surface area contributed by atoms with E-state index in [1.165, 1.54) is 13.4 Å². The van der Waals surface area contributed by atoms with Crippen molar-refractivity contribution >= 4 is 5.78 Å². The molecule has 3 fully saturated rings. The number of carbonyl (C=O) groups excluding carboxylic acids is 1. The van der Waals surface area contributed by atoms with E-state index in [1.54, 1.807) is 6.92 Å². The number of rotatable bonds is 5. The molecule has 1 aliphatic carbocycles. The van der Waals surface area contributed by atoms with E-state index in [1.807, 2.05) is 0 Å². The van der Waals surface area contributed by atoms with Crippen LogP contribution in [0.1, 0.15) is 6.92 Å². The van der Waals surface area contributed by atoms with Crippen LogP contribution in [-0.2, 0) is 28.5 Å². The normalized spacial score (nSPS) is 51.3. The molecular weight excluding hydrogens is 364 g/mol. The fraction of sp³-hybridized carbons (Fsp3) is 0.824. The van der Waals surface area contributed by atoms with Crippen LogP contribution in [0.3, 0.4) is 0 Å². The van der Waals surface area contributed by atoms with Crippen molar-refractivity contribution < 1.29 is 48.9 Å². The van der Waals surface area contributed by atoms with Gasteiger partial charge in [0.05, 0.1) is 31.3 Å². The maximum Gasteiger partial charge on any atom is 0.208 e. The molecule has 0 bridgehead atoms. The summed E-state index contributed by atoms with van der Waals surface area (Å²) in [6, 6.07) is 0. The summed E-state index contributed by atoms with van der Waals surface area (Å²) in [7, 11) is 1.52. The molecule has 3 aliphatic heterocycles. The van der Waals surface area contributed by atoms with Crippen molar-refractivity contribution in [2.45, 2.75) is 55.6 Å². The third-order valence-electron chi connectivity index (χ3n) is 5.90. The lowest BCUT2D eigenvalue weighted by Gasteiger charge is -2.43. The Morgan fingerprint density at radius 3 is 2.59 bits per heavy atom. The Bertz CT molecular complexity index is 635. The summed E-state index contributed by atoms with van der Waals surface area (Å²) in [6.45, 7) is 1.45. The second kappa shape index (κ2) is 6.75. The van der Waals surface area contributed by atoms with Crippen molar-refractivity contribution in [3.8, 4) is 0 Å². The smallest absolute Gasteiger partial charge is 0.208 e. The number of aliphatic hydroxyl groups is 4. The number of epoxide rings is 1. The van der Waals surface area contributed by atoms with Crippen LogP contribution in [0.5, 0.6) is 0 Å². The number of ketones is 1. The predicted octanol–water partition coefficient (Wildman–Crippen LogP) is -2.34. The van der Waals surface area contributed by atoms with E-state index in [0.29, 0.717) is 5.57 Å². The van der Waals surface area contributed by atoms with Crippen LogP contribution in [0, 0.1) is 11.8 Å². The van der Waals surface area contributed by atoms with Crippen LogP contribution < -0.4 is 0 Å². The molecule has 0 aromatic rings. The highest BCUT2D eigenvalue weighted by atomic mass is 16.8. The maximum atomic E-state index is 12.6. The number of aliphatic hydroxyl groups excluding tert-OH is 4. The van der Waals surface area contributed by atoms with E-state index in [-0.39, 0.29) is 12.4 Å². The van der Waals surface area contributed by atoms with Gasteiger partial charge >= 0.3 is 0 Å². The Morgan fingerprint density at radius 1 is 1.19 bits per heavy atom. The highest BCUT2D eigenvalue weighted by Gasteiger charge is 2.75. The number of hydrogen-bond acceptors (Lipinski definition) is 10. The van der Waals surface area contributed by atoms with Crippen LogP contribution >= 0.6 is 0 Å². The average molecular weight is 388 g/mol. The zero-order valence-corrected chi connectivity index (χ0v) is 14.9. The molecule has 4 aliphatic rings. The van der Waals surface area contributed by atoms with Crippen molar-refractivity contribution in [2.24, 2.45) is 11.8 Å². The van der Waals surface area contributed by atoms with Gasteiger partial charge in [-0.15, -0.1) is 0 Å². The van der Waals surface area contributed by atoms with Gasteiger partial charge in [0.1, 0.15) is 36.1 Å². The Morgan fingerprint density at radius 2 is 1.93 bits per heavy atom. The molecule has 0 radical (unpaired) electrons. The van der Waals surface area contributed by atoms with Gasteiger partial charge in [0.25, 0.3) is 0 Å². The van der Waals surface area contributed by atoms with Crippen LogP contribution in [0.25, 0.3) is 0 Å². The maximum absolute atomic E-state index is 12.6. The van der Waals surface area contributed by atoms with Gasteiger partial charge in [-0.3, -0.25) is 4.79 Å². The number of methoxy groups -OCH3 is 1. The Kier molecular flexibility index (Phi) is 4.80. The highest BCUT2D eigenvalue weighted by molar-refractivity contribution is 5.95. The molecule has 10 nitrogen and oxygen atoms in total. The Balaban J connectivity index is 1.56. The highest BCUT2D eigenvalue weighted by Crippen LogP contribution is 2.59. The molecule has 3 heterocycles. The van der Waals surface area contributed by atoms with Crippen LogP contribution in [0.2, 0.25) is 0 Å². The average Bonchev–Trinajstić information content (AvgIpc) is 3.29. The van der Waals surface area contributed by atoms with Crippen LogP contribution in [0.15, 0.2) is 11.8 Å². The van der Waals surface area contributed by atoms with E-state index in [4.69, 9.17) is 23.7 Å². The van der Waals surface area contributed by atoms with Gasteiger partial charge in [-0.1, -0.05) is 0 Å². The van der Waals surface area contributed by atoms with E-state index < -0.39 is 67.1 Å². The molecular formula is C17H24O10. The molecule has 10 heteroatoms. The summed E-state index contributed by atoms with van der Waals surface area (Å²) in [5.41, 5.74) is -0.0773. The second-order valence-electron chi connectivity index (χ2n) is 7.55. The number of Topliss-reactive ketones (excluding diaryl/α,β-unsaturated/α-hetero) is 1. The fourth-order valence-electron chi connectivity index (χ4n) is 4.36. The summed E-state index contributed by atoms with van der Waals surface area (Å²) in [6.07, 6.45) is -7.20. The molecule has 4 rings (SSSR count). The fourth-order valence-corrected chi connectivity index (χ4v) is 4.36. The molecule has 0 aromatic heterocycles. The number of fused-ring (bicyclic) bond motifs is 3. The van der Waals surface area contributed by atoms with Gasteiger partial charge in [-0.2, -0.15) is 0 Å². The van der Waals surface area contributed by atoms with Crippen molar-refractivity contribution in [1.29, 1.82) is 0 Å². The van der Waals surface area contributed by atoms with Gasteiger partial charge in [0.15, 0.2) is 12.1 Å². The minimum absolute atomic E-state index is 0.0727. The molecule has 152 valence electrons. The standard InChI is InChI=1S/C17H24O10/c1-17-9-8(11(20)14(17)27-17)6(4-23-2)5-24-15(9)26-16-13(22)12(21)10(19)7(3-18)25-16/h5,7-10,12-16,18-19,21-22H,3-4H2,1-2H3/t7-,8?,9?,10-,12+,13-,14?,15?,16+,17?/m1/s1. The van der Waals surface area contributed by atoms with E-state index in [2.05, 4.69) is 0 Å². The first-order chi connectivity index (χ1) is 12.8. The van der Waals surface area contributed by atoms with Crippen molar-refractivity contribution in [1.82, 2.24) is 0 Å². The summed E-state index contributed by atoms with van der Waals surface area (Å²) < 4.78 is 27.5. The SMILES string of the molecule is COCC1=COC(O[C@@H]2O[C@H](CO)[C@@H](O)[C@H](O)[C@H]2O)C2C1C(=O)C1OC12C. The van der Waals surface area contributed by atoms with Gasteiger partial charge < -0.3 is 44.1 Å². The van der Waals surface area contributed by atoms with E-state index >= 15 is 0 Å². The molecule has 2 saturated heterocycles. The monoisotopic (exact) mass is 388 g/mol. The number of ether oxygens (including phenoxy) is 5. The van der Waals surface area contributed by atoms with E-state index in [9.17, 15) is 25.2 Å². The van der Waals surface area contributed by atoms with Crippen LogP contribution in [0.4, 0.5) is 0 Å². The number of carbonyl (C=O) groups is 1. The first-order valence-electron chi connectivity index (χ1n) is 8.84. The van der Waals surface area contributed by atoms with Crippen molar-refractivity contribution in [3.05, 3.63) is 11.8 Å². The summed E-state index contributed by atoms with van der Waals surface area (Å²) in [5, 5.41) is 39.3. The lowest BCUT2D eigenvalue weighted by molar-refractivity contribution is -0.343. The van der Waals surface area contributed by atoms with Crippen LogP contribution in [-0.4, -0.2) is 95.2 Å². The lowest BCUT2D eigenvalue weighted by atomic mass is 9.82. The topological polar surface area (TPSA) is 147 Å². The second-order valence-corrected chi connectivity index (χ2v) is 7.55. The first-order valence-corrected chi connectivity index (χ1v) is 8.84. The molecule has 5 unspecified atom stereocenters. The van der Waals surface area contributed by atoms with Gasteiger partial charge in [-0.05, 0) is 6.92 Å². The van der Waals surface area contributed by atoms with Gasteiger partial charge in [0.2, 0.25) is 6.29 Å². The zero-order valence-electron chi connectivity index (χ0n) is 14.9.